The Labute approximate surface area is 117 Å². The average Bonchev–Trinajstić information content (AvgIpc) is 2.79. The summed E-state index contributed by atoms with van der Waals surface area (Å²) in [7, 11) is 1.21. The summed E-state index contributed by atoms with van der Waals surface area (Å²) < 4.78 is 4.56. The Hall–Kier alpha value is -2.29. The van der Waals surface area contributed by atoms with Gasteiger partial charge in [0.05, 0.1) is 18.0 Å². The maximum Gasteiger partial charge on any atom is 0.330 e. The number of anilines is 1. The average molecular weight is 301 g/mol. The SMILES string of the molecule is COC(=O)C1CC(=O)N(c2nc(Cl)ncc2[N+](=O)[O-])C1. The van der Waals surface area contributed by atoms with Gasteiger partial charge in [-0.1, -0.05) is 0 Å². The van der Waals surface area contributed by atoms with Gasteiger partial charge in [0.25, 0.3) is 0 Å². The first kappa shape index (κ1) is 14.1. The Balaban J connectivity index is 2.37. The highest BCUT2D eigenvalue weighted by molar-refractivity contribution is 6.28. The van der Waals surface area contributed by atoms with Gasteiger partial charge in [-0.05, 0) is 11.6 Å². The third-order valence-corrected chi connectivity index (χ3v) is 3.01. The van der Waals surface area contributed by atoms with Crippen LogP contribution in [0.3, 0.4) is 0 Å². The summed E-state index contributed by atoms with van der Waals surface area (Å²) in [6.07, 6.45) is 0.828. The molecule has 1 aliphatic heterocycles. The van der Waals surface area contributed by atoms with Gasteiger partial charge >= 0.3 is 11.7 Å². The zero-order valence-corrected chi connectivity index (χ0v) is 11.0. The molecule has 2 heterocycles. The molecule has 1 aliphatic rings. The Morgan fingerprint density at radius 1 is 1.65 bits per heavy atom. The first-order chi connectivity index (χ1) is 9.43. The molecule has 0 bridgehead atoms. The van der Waals surface area contributed by atoms with Crippen LogP contribution in [0.2, 0.25) is 5.28 Å². The summed E-state index contributed by atoms with van der Waals surface area (Å²) in [6, 6.07) is 0. The second-order valence-corrected chi connectivity index (χ2v) is 4.37. The summed E-state index contributed by atoms with van der Waals surface area (Å²) in [5, 5.41) is 10.7. The van der Waals surface area contributed by atoms with Crippen LogP contribution in [-0.2, 0) is 14.3 Å². The van der Waals surface area contributed by atoms with Crippen molar-refractivity contribution in [1.82, 2.24) is 9.97 Å². The third-order valence-electron chi connectivity index (χ3n) is 2.83. The summed E-state index contributed by atoms with van der Waals surface area (Å²) >= 11 is 5.60. The minimum atomic E-state index is -0.718. The van der Waals surface area contributed by atoms with E-state index in [1.807, 2.05) is 0 Å². The molecule has 1 aromatic rings. The van der Waals surface area contributed by atoms with Crippen molar-refractivity contribution in [1.29, 1.82) is 0 Å². The predicted octanol–water partition coefficient (Wildman–Crippen LogP) is 0.564. The lowest BCUT2D eigenvalue weighted by molar-refractivity contribution is -0.384. The summed E-state index contributed by atoms with van der Waals surface area (Å²) in [6.45, 7) is -0.0420. The van der Waals surface area contributed by atoms with Gasteiger partial charge < -0.3 is 4.74 Å². The summed E-state index contributed by atoms with van der Waals surface area (Å²) in [5.74, 6) is -1.91. The van der Waals surface area contributed by atoms with Crippen molar-refractivity contribution in [2.75, 3.05) is 18.6 Å². The number of hydrogen-bond acceptors (Lipinski definition) is 7. The fourth-order valence-electron chi connectivity index (χ4n) is 1.91. The van der Waals surface area contributed by atoms with Crippen molar-refractivity contribution < 1.29 is 19.2 Å². The Bertz CT molecular complexity index is 593. The highest BCUT2D eigenvalue weighted by Crippen LogP contribution is 2.31. The number of esters is 1. The number of halogens is 1. The Kier molecular flexibility index (Phi) is 3.79. The smallest absolute Gasteiger partial charge is 0.330 e. The van der Waals surface area contributed by atoms with Crippen LogP contribution in [0.15, 0.2) is 6.20 Å². The minimum Gasteiger partial charge on any atom is -0.469 e. The molecule has 9 nitrogen and oxygen atoms in total. The molecule has 0 spiro atoms. The van der Waals surface area contributed by atoms with E-state index < -0.39 is 28.4 Å². The van der Waals surface area contributed by atoms with Gasteiger partial charge in [-0.15, -0.1) is 0 Å². The number of nitro groups is 1. The molecule has 0 aromatic carbocycles. The Morgan fingerprint density at radius 2 is 2.35 bits per heavy atom. The van der Waals surface area contributed by atoms with E-state index in [0.717, 1.165) is 11.1 Å². The molecule has 1 fully saturated rings. The van der Waals surface area contributed by atoms with Crippen molar-refractivity contribution in [3.8, 4) is 0 Å². The highest BCUT2D eigenvalue weighted by atomic mass is 35.5. The second kappa shape index (κ2) is 5.37. The minimum absolute atomic E-state index is 0.0420. The number of nitrogens with zero attached hydrogens (tertiary/aromatic N) is 4. The van der Waals surface area contributed by atoms with E-state index in [2.05, 4.69) is 14.7 Å². The standard InChI is InChI=1S/C10H9ClN4O5/c1-20-9(17)5-2-7(16)14(4-5)8-6(15(18)19)3-12-10(11)13-8/h3,5H,2,4H2,1H3. The second-order valence-electron chi connectivity index (χ2n) is 4.03. The fraction of sp³-hybridized carbons (Fsp3) is 0.400. The van der Waals surface area contributed by atoms with Crippen molar-refractivity contribution in [2.45, 2.75) is 6.42 Å². The van der Waals surface area contributed by atoms with Gasteiger partial charge in [-0.25, -0.2) is 4.98 Å². The van der Waals surface area contributed by atoms with E-state index in [1.54, 1.807) is 0 Å². The number of amides is 1. The first-order valence-corrected chi connectivity index (χ1v) is 5.87. The van der Waals surface area contributed by atoms with E-state index in [9.17, 15) is 19.7 Å². The van der Waals surface area contributed by atoms with E-state index in [4.69, 9.17) is 11.6 Å². The number of carbonyl (C=O) groups excluding carboxylic acids is 2. The number of carbonyl (C=O) groups is 2. The lowest BCUT2D eigenvalue weighted by atomic mass is 10.1. The third kappa shape index (κ3) is 2.52. The topological polar surface area (TPSA) is 116 Å². The predicted molar refractivity (Wildman–Crippen MR) is 66.2 cm³/mol. The lowest BCUT2D eigenvalue weighted by Crippen LogP contribution is -2.28. The summed E-state index contributed by atoms with van der Waals surface area (Å²) in [5.41, 5.74) is -0.451. The molecule has 1 saturated heterocycles. The van der Waals surface area contributed by atoms with Gasteiger partial charge in [0.15, 0.2) is 0 Å². The molecule has 0 radical (unpaired) electrons. The quantitative estimate of drug-likeness (QED) is 0.346. The van der Waals surface area contributed by atoms with Gasteiger partial charge in [0, 0.05) is 13.0 Å². The molecule has 10 heteroatoms. The molecule has 2 rings (SSSR count). The molecule has 1 atom stereocenters. The maximum atomic E-state index is 11.9. The number of rotatable bonds is 3. The van der Waals surface area contributed by atoms with Crippen molar-refractivity contribution >= 4 is 35.0 Å². The van der Waals surface area contributed by atoms with Crippen LogP contribution in [0.5, 0.6) is 0 Å². The van der Waals surface area contributed by atoms with Crippen molar-refractivity contribution in [2.24, 2.45) is 5.92 Å². The van der Waals surface area contributed by atoms with Crippen LogP contribution in [0.4, 0.5) is 11.5 Å². The van der Waals surface area contributed by atoms with Crippen LogP contribution in [0.25, 0.3) is 0 Å². The molecule has 1 unspecified atom stereocenters. The molecule has 106 valence electrons. The molecule has 20 heavy (non-hydrogen) atoms. The van der Waals surface area contributed by atoms with E-state index >= 15 is 0 Å². The van der Waals surface area contributed by atoms with Gasteiger partial charge in [-0.2, -0.15) is 4.98 Å². The van der Waals surface area contributed by atoms with Gasteiger partial charge in [0.1, 0.15) is 6.20 Å². The number of methoxy groups -OCH3 is 1. The number of ether oxygens (including phenoxy) is 1. The number of aromatic nitrogens is 2. The van der Waals surface area contributed by atoms with Crippen LogP contribution < -0.4 is 4.90 Å². The zero-order valence-electron chi connectivity index (χ0n) is 10.3. The lowest BCUT2D eigenvalue weighted by Gasteiger charge is -2.14. The highest BCUT2D eigenvalue weighted by Gasteiger charge is 2.39. The van der Waals surface area contributed by atoms with Gasteiger partial charge in [0.2, 0.25) is 17.0 Å². The molecule has 0 N–H and O–H groups in total. The van der Waals surface area contributed by atoms with E-state index in [1.165, 1.54) is 7.11 Å². The molecule has 0 saturated carbocycles. The first-order valence-electron chi connectivity index (χ1n) is 5.49. The van der Waals surface area contributed by atoms with Crippen LogP contribution in [-0.4, -0.2) is 40.4 Å². The maximum absolute atomic E-state index is 11.9. The largest absolute Gasteiger partial charge is 0.469 e. The normalized spacial score (nSPS) is 18.2. The van der Waals surface area contributed by atoms with E-state index in [0.29, 0.717) is 0 Å². The molecule has 1 amide bonds. The fourth-order valence-corrected chi connectivity index (χ4v) is 2.04. The molecular weight excluding hydrogens is 292 g/mol. The van der Waals surface area contributed by atoms with Crippen molar-refractivity contribution in [3.05, 3.63) is 21.6 Å². The molecule has 0 aliphatic carbocycles. The molecule has 1 aromatic heterocycles. The zero-order chi connectivity index (χ0) is 14.9. The van der Waals surface area contributed by atoms with E-state index in [-0.39, 0.29) is 24.1 Å². The molecular formula is C10H9ClN4O5. The van der Waals surface area contributed by atoms with Crippen molar-refractivity contribution in [3.63, 3.8) is 0 Å². The van der Waals surface area contributed by atoms with Crippen LogP contribution in [0, 0.1) is 16.0 Å². The van der Waals surface area contributed by atoms with Crippen LogP contribution in [0.1, 0.15) is 6.42 Å². The van der Waals surface area contributed by atoms with Gasteiger partial charge in [-0.3, -0.25) is 24.6 Å². The van der Waals surface area contributed by atoms with Crippen LogP contribution >= 0.6 is 11.6 Å². The summed E-state index contributed by atoms with van der Waals surface area (Å²) in [4.78, 5) is 41.8. The monoisotopic (exact) mass is 300 g/mol. The Morgan fingerprint density at radius 3 is 2.95 bits per heavy atom. The number of hydrogen-bond donors (Lipinski definition) is 0.